The molecule has 0 aliphatic carbocycles. The molecule has 0 aromatic heterocycles. The predicted octanol–water partition coefficient (Wildman–Crippen LogP) is 3.72. The number of aryl methyl sites for hydroxylation is 2. The molecule has 2 aromatic rings. The summed E-state index contributed by atoms with van der Waals surface area (Å²) >= 11 is 0. The van der Waals surface area contributed by atoms with Crippen LogP contribution in [0.25, 0.3) is 11.1 Å². The molecule has 1 heterocycles. The second-order valence-corrected chi connectivity index (χ2v) is 5.59. The minimum atomic E-state index is -0.277. The average Bonchev–Trinajstić information content (AvgIpc) is 2.51. The van der Waals surface area contributed by atoms with E-state index in [4.69, 9.17) is 0 Å². The summed E-state index contributed by atoms with van der Waals surface area (Å²) in [5.41, 5.74) is 7.63. The van der Waals surface area contributed by atoms with Gasteiger partial charge in [0.1, 0.15) is 5.82 Å². The molecular formula is C18H17FN2O. The zero-order chi connectivity index (χ0) is 15.7. The summed E-state index contributed by atoms with van der Waals surface area (Å²) in [6, 6.07) is 11.0. The molecule has 0 spiro atoms. The lowest BCUT2D eigenvalue weighted by Crippen LogP contribution is -2.25. The van der Waals surface area contributed by atoms with Crippen LogP contribution in [-0.4, -0.2) is 11.6 Å². The van der Waals surface area contributed by atoms with E-state index in [9.17, 15) is 9.18 Å². The molecule has 0 unspecified atom stereocenters. The number of hydrogen-bond donors (Lipinski definition) is 1. The lowest BCUT2D eigenvalue weighted by Gasteiger charge is -2.13. The molecule has 1 N–H and O–H groups in total. The molecule has 0 saturated carbocycles. The van der Waals surface area contributed by atoms with Crippen molar-refractivity contribution in [2.75, 3.05) is 0 Å². The molecule has 1 aliphatic rings. The number of carbonyl (C=O) groups excluding carboxylic acids is 1. The van der Waals surface area contributed by atoms with E-state index in [1.807, 2.05) is 38.1 Å². The monoisotopic (exact) mass is 296 g/mol. The van der Waals surface area contributed by atoms with Crippen molar-refractivity contribution in [3.05, 3.63) is 58.9 Å². The zero-order valence-electron chi connectivity index (χ0n) is 12.6. The molecule has 0 radical (unpaired) electrons. The van der Waals surface area contributed by atoms with Crippen molar-refractivity contribution in [3.63, 3.8) is 0 Å². The van der Waals surface area contributed by atoms with Gasteiger partial charge < -0.3 is 0 Å². The van der Waals surface area contributed by atoms with Gasteiger partial charge in [-0.3, -0.25) is 4.79 Å². The average molecular weight is 296 g/mol. The quantitative estimate of drug-likeness (QED) is 0.901. The van der Waals surface area contributed by atoms with Crippen LogP contribution in [0.5, 0.6) is 0 Å². The van der Waals surface area contributed by atoms with Gasteiger partial charge in [-0.1, -0.05) is 30.3 Å². The van der Waals surface area contributed by atoms with E-state index in [2.05, 4.69) is 10.5 Å². The Morgan fingerprint density at radius 3 is 2.41 bits per heavy atom. The predicted molar refractivity (Wildman–Crippen MR) is 85.2 cm³/mol. The molecule has 0 bridgehead atoms. The number of amides is 1. The number of halogens is 1. The van der Waals surface area contributed by atoms with Crippen molar-refractivity contribution in [1.82, 2.24) is 5.43 Å². The molecule has 0 saturated heterocycles. The first-order chi connectivity index (χ1) is 10.5. The molecule has 3 nitrogen and oxygen atoms in total. The molecule has 1 amide bonds. The number of hydrogen-bond acceptors (Lipinski definition) is 2. The zero-order valence-corrected chi connectivity index (χ0v) is 12.6. The van der Waals surface area contributed by atoms with Gasteiger partial charge in [-0.25, -0.2) is 9.82 Å². The Balaban J connectivity index is 1.95. The molecule has 1 aliphatic heterocycles. The summed E-state index contributed by atoms with van der Waals surface area (Å²) < 4.78 is 14.5. The lowest BCUT2D eigenvalue weighted by molar-refractivity contribution is -0.121. The number of carbonyl (C=O) groups is 1. The van der Waals surface area contributed by atoms with E-state index >= 15 is 0 Å². The summed E-state index contributed by atoms with van der Waals surface area (Å²) in [5.74, 6) is -0.378. The van der Waals surface area contributed by atoms with Crippen LogP contribution in [0.1, 0.15) is 29.5 Å². The van der Waals surface area contributed by atoms with E-state index in [0.29, 0.717) is 29.7 Å². The summed E-state index contributed by atoms with van der Waals surface area (Å²) in [4.78, 5) is 11.1. The third-order valence-electron chi connectivity index (χ3n) is 4.02. The van der Waals surface area contributed by atoms with E-state index in [1.54, 1.807) is 6.07 Å². The van der Waals surface area contributed by atoms with E-state index in [-0.39, 0.29) is 11.7 Å². The van der Waals surface area contributed by atoms with Gasteiger partial charge in [-0.05, 0) is 36.6 Å². The highest BCUT2D eigenvalue weighted by atomic mass is 19.1. The van der Waals surface area contributed by atoms with Gasteiger partial charge in [0.05, 0.1) is 5.71 Å². The van der Waals surface area contributed by atoms with Crippen LogP contribution in [0.2, 0.25) is 0 Å². The summed E-state index contributed by atoms with van der Waals surface area (Å²) in [7, 11) is 0. The standard InChI is InChI=1S/C18H17FN2O/c1-11-3-4-13(9-12(11)2)15-6-5-14(10-16(15)19)17-7-8-18(22)21-20-17/h3-6,9-10H,7-8H2,1-2H3,(H,21,22). The number of rotatable bonds is 2. The van der Waals surface area contributed by atoms with Crippen molar-refractivity contribution in [2.24, 2.45) is 5.10 Å². The maximum absolute atomic E-state index is 14.5. The number of hydrazone groups is 1. The normalized spacial score (nSPS) is 14.5. The van der Waals surface area contributed by atoms with E-state index < -0.39 is 0 Å². The largest absolute Gasteiger partial charge is 0.273 e. The third kappa shape index (κ3) is 2.77. The second kappa shape index (κ2) is 5.72. The van der Waals surface area contributed by atoms with Gasteiger partial charge >= 0.3 is 0 Å². The first-order valence-electron chi connectivity index (χ1n) is 7.27. The Morgan fingerprint density at radius 2 is 1.77 bits per heavy atom. The highest BCUT2D eigenvalue weighted by molar-refractivity contribution is 6.04. The molecule has 3 rings (SSSR count). The van der Waals surface area contributed by atoms with Gasteiger partial charge in [0.2, 0.25) is 5.91 Å². The number of nitrogens with zero attached hydrogens (tertiary/aromatic N) is 1. The molecule has 2 aromatic carbocycles. The minimum Gasteiger partial charge on any atom is -0.273 e. The van der Waals surface area contributed by atoms with Gasteiger partial charge in [-0.2, -0.15) is 5.10 Å². The van der Waals surface area contributed by atoms with Crippen LogP contribution in [0.15, 0.2) is 41.5 Å². The van der Waals surface area contributed by atoms with Crippen LogP contribution >= 0.6 is 0 Å². The Bertz CT molecular complexity index is 781. The Labute approximate surface area is 128 Å². The molecule has 4 heteroatoms. The highest BCUT2D eigenvalue weighted by Gasteiger charge is 2.15. The molecule has 22 heavy (non-hydrogen) atoms. The Morgan fingerprint density at radius 1 is 1.00 bits per heavy atom. The van der Waals surface area contributed by atoms with Crippen LogP contribution < -0.4 is 5.43 Å². The van der Waals surface area contributed by atoms with Gasteiger partial charge in [-0.15, -0.1) is 0 Å². The second-order valence-electron chi connectivity index (χ2n) is 5.59. The Kier molecular flexibility index (Phi) is 3.75. The molecule has 0 fully saturated rings. The first kappa shape index (κ1) is 14.4. The fourth-order valence-electron chi connectivity index (χ4n) is 2.52. The SMILES string of the molecule is Cc1ccc(-c2ccc(C3=NNC(=O)CC3)cc2F)cc1C. The topological polar surface area (TPSA) is 41.5 Å². The van der Waals surface area contributed by atoms with Crippen molar-refractivity contribution in [1.29, 1.82) is 0 Å². The summed E-state index contributed by atoms with van der Waals surface area (Å²) in [6.45, 7) is 4.05. The number of benzene rings is 2. The van der Waals surface area contributed by atoms with E-state index in [0.717, 1.165) is 11.1 Å². The van der Waals surface area contributed by atoms with Gasteiger partial charge in [0.15, 0.2) is 0 Å². The van der Waals surface area contributed by atoms with Crippen molar-refractivity contribution in [2.45, 2.75) is 26.7 Å². The minimum absolute atomic E-state index is 0.101. The maximum atomic E-state index is 14.5. The fraction of sp³-hybridized carbons (Fsp3) is 0.222. The Hall–Kier alpha value is -2.49. The molecular weight excluding hydrogens is 279 g/mol. The van der Waals surface area contributed by atoms with Crippen LogP contribution in [0.4, 0.5) is 4.39 Å². The van der Waals surface area contributed by atoms with Crippen molar-refractivity contribution < 1.29 is 9.18 Å². The smallest absolute Gasteiger partial charge is 0.240 e. The molecule has 0 atom stereocenters. The van der Waals surface area contributed by atoms with E-state index in [1.165, 1.54) is 11.6 Å². The highest BCUT2D eigenvalue weighted by Crippen LogP contribution is 2.26. The first-order valence-corrected chi connectivity index (χ1v) is 7.27. The van der Waals surface area contributed by atoms with Crippen LogP contribution in [-0.2, 0) is 4.79 Å². The molecule has 112 valence electrons. The van der Waals surface area contributed by atoms with Crippen molar-refractivity contribution >= 4 is 11.6 Å². The summed E-state index contributed by atoms with van der Waals surface area (Å²) in [5, 5.41) is 4.00. The fourth-order valence-corrected chi connectivity index (χ4v) is 2.52. The van der Waals surface area contributed by atoms with Gasteiger partial charge in [0, 0.05) is 24.0 Å². The van der Waals surface area contributed by atoms with Crippen molar-refractivity contribution in [3.8, 4) is 11.1 Å². The van der Waals surface area contributed by atoms with Crippen LogP contribution in [0.3, 0.4) is 0 Å². The third-order valence-corrected chi connectivity index (χ3v) is 4.02. The lowest BCUT2D eigenvalue weighted by atomic mass is 9.97. The summed E-state index contributed by atoms with van der Waals surface area (Å²) in [6.07, 6.45) is 0.924. The maximum Gasteiger partial charge on any atom is 0.240 e. The van der Waals surface area contributed by atoms with Gasteiger partial charge in [0.25, 0.3) is 0 Å². The van der Waals surface area contributed by atoms with Crippen LogP contribution in [0, 0.1) is 19.7 Å². The number of nitrogens with one attached hydrogen (secondary N) is 1.